The quantitative estimate of drug-likeness (QED) is 0.439. The molecule has 0 heterocycles. The smallest absolute Gasteiger partial charge is 0.244 e. The fourth-order valence-corrected chi connectivity index (χ4v) is 4.77. The van der Waals surface area contributed by atoms with E-state index < -0.39 is 28.5 Å². The number of hydrogen-bond acceptors (Lipinski definition) is 5. The number of benzene rings is 2. The fraction of sp³-hybridized carbons (Fsp3) is 0.462. The number of ether oxygens (including phenoxy) is 1. The number of rotatable bonds is 12. The summed E-state index contributed by atoms with van der Waals surface area (Å²) in [6.45, 7) is 7.33. The van der Waals surface area contributed by atoms with Gasteiger partial charge in [-0.3, -0.25) is 13.9 Å². The maximum atomic E-state index is 13.7. The van der Waals surface area contributed by atoms with Gasteiger partial charge in [0.25, 0.3) is 0 Å². The van der Waals surface area contributed by atoms with Gasteiger partial charge in [0.15, 0.2) is 0 Å². The average molecular weight is 538 g/mol. The van der Waals surface area contributed by atoms with Crippen LogP contribution in [0.15, 0.2) is 42.5 Å². The third-order valence-corrected chi connectivity index (χ3v) is 7.40. The molecule has 2 rings (SSSR count). The summed E-state index contributed by atoms with van der Waals surface area (Å²) in [7, 11) is -2.40. The Balaban J connectivity index is 2.45. The van der Waals surface area contributed by atoms with Gasteiger partial charge >= 0.3 is 0 Å². The number of halogens is 1. The van der Waals surface area contributed by atoms with Crippen LogP contribution < -0.4 is 14.4 Å². The van der Waals surface area contributed by atoms with Crippen LogP contribution in [0.1, 0.15) is 44.7 Å². The predicted octanol–water partition coefficient (Wildman–Crippen LogP) is 4.15. The van der Waals surface area contributed by atoms with Crippen molar-refractivity contribution in [2.45, 2.75) is 59.2 Å². The van der Waals surface area contributed by atoms with Gasteiger partial charge in [0, 0.05) is 12.6 Å². The summed E-state index contributed by atoms with van der Waals surface area (Å²) in [5.41, 5.74) is 2.13. The molecular weight excluding hydrogens is 502 g/mol. The lowest BCUT2D eigenvalue weighted by atomic mass is 10.1. The highest BCUT2D eigenvalue weighted by Crippen LogP contribution is 2.30. The Labute approximate surface area is 219 Å². The SMILES string of the molecule is CCC(C)NC(=O)C(CC)N(Cc1ccc(C)cc1)C(=O)CN(c1ccc(OC)c(Cl)c1)S(C)(=O)=O. The summed E-state index contributed by atoms with van der Waals surface area (Å²) in [6, 6.07) is 11.3. The second-order valence-corrected chi connectivity index (χ2v) is 11.2. The zero-order chi connectivity index (χ0) is 27.0. The van der Waals surface area contributed by atoms with Crippen molar-refractivity contribution in [2.75, 3.05) is 24.2 Å². The first-order chi connectivity index (χ1) is 16.9. The van der Waals surface area contributed by atoms with Crippen molar-refractivity contribution in [3.05, 3.63) is 58.6 Å². The number of carbonyl (C=O) groups excluding carboxylic acids is 2. The molecule has 0 saturated heterocycles. The lowest BCUT2D eigenvalue weighted by Gasteiger charge is -2.33. The minimum Gasteiger partial charge on any atom is -0.495 e. The predicted molar refractivity (Wildman–Crippen MR) is 144 cm³/mol. The Morgan fingerprint density at radius 2 is 1.72 bits per heavy atom. The Hall–Kier alpha value is -2.78. The van der Waals surface area contributed by atoms with Crippen molar-refractivity contribution in [1.82, 2.24) is 10.2 Å². The largest absolute Gasteiger partial charge is 0.495 e. The molecule has 0 radical (unpaired) electrons. The fourth-order valence-electron chi connectivity index (χ4n) is 3.67. The molecule has 2 unspecified atom stereocenters. The van der Waals surface area contributed by atoms with Crippen molar-refractivity contribution in [1.29, 1.82) is 0 Å². The Morgan fingerprint density at radius 3 is 2.22 bits per heavy atom. The summed E-state index contributed by atoms with van der Waals surface area (Å²) in [5.74, 6) is -0.390. The maximum Gasteiger partial charge on any atom is 0.244 e. The highest BCUT2D eigenvalue weighted by atomic mass is 35.5. The Kier molecular flexibility index (Phi) is 10.6. The van der Waals surface area contributed by atoms with Gasteiger partial charge in [0.2, 0.25) is 21.8 Å². The van der Waals surface area contributed by atoms with Crippen molar-refractivity contribution in [3.63, 3.8) is 0 Å². The Morgan fingerprint density at radius 1 is 1.08 bits per heavy atom. The van der Waals surface area contributed by atoms with Crippen LogP contribution in [0.2, 0.25) is 5.02 Å². The topological polar surface area (TPSA) is 96.0 Å². The van der Waals surface area contributed by atoms with E-state index in [0.29, 0.717) is 12.2 Å². The van der Waals surface area contributed by atoms with E-state index in [1.807, 2.05) is 52.0 Å². The number of nitrogens with zero attached hydrogens (tertiary/aromatic N) is 2. The number of carbonyl (C=O) groups is 2. The lowest BCUT2D eigenvalue weighted by Crippen LogP contribution is -2.53. The van der Waals surface area contributed by atoms with E-state index in [-0.39, 0.29) is 29.2 Å². The van der Waals surface area contributed by atoms with Gasteiger partial charge < -0.3 is 15.0 Å². The second kappa shape index (κ2) is 13.0. The zero-order valence-corrected chi connectivity index (χ0v) is 23.3. The van der Waals surface area contributed by atoms with Crippen LogP contribution in [0.3, 0.4) is 0 Å². The minimum atomic E-state index is -3.85. The van der Waals surface area contributed by atoms with Crippen LogP contribution in [-0.2, 0) is 26.2 Å². The zero-order valence-electron chi connectivity index (χ0n) is 21.7. The van der Waals surface area contributed by atoms with Crippen molar-refractivity contribution < 1.29 is 22.7 Å². The second-order valence-electron chi connectivity index (χ2n) is 8.84. The van der Waals surface area contributed by atoms with Gasteiger partial charge in [-0.2, -0.15) is 0 Å². The molecule has 0 aliphatic heterocycles. The first kappa shape index (κ1) is 29.5. The molecule has 8 nitrogen and oxygen atoms in total. The summed E-state index contributed by atoms with van der Waals surface area (Å²) in [6.07, 6.45) is 2.14. The van der Waals surface area contributed by atoms with Crippen molar-refractivity contribution in [2.24, 2.45) is 0 Å². The van der Waals surface area contributed by atoms with Crippen LogP contribution in [0.5, 0.6) is 5.75 Å². The molecule has 0 saturated carbocycles. The molecule has 0 aliphatic rings. The number of aryl methyl sites for hydroxylation is 1. The number of amides is 2. The first-order valence-corrected chi connectivity index (χ1v) is 14.1. The summed E-state index contributed by atoms with van der Waals surface area (Å²) >= 11 is 6.22. The molecule has 2 aromatic carbocycles. The number of anilines is 1. The third kappa shape index (κ3) is 7.86. The van der Waals surface area contributed by atoms with E-state index in [0.717, 1.165) is 28.1 Å². The molecule has 0 spiro atoms. The molecule has 10 heteroatoms. The molecule has 2 aromatic rings. The molecule has 0 aliphatic carbocycles. The molecule has 0 fully saturated rings. The van der Waals surface area contributed by atoms with Gasteiger partial charge in [-0.15, -0.1) is 0 Å². The van der Waals surface area contributed by atoms with E-state index in [2.05, 4.69) is 5.32 Å². The summed E-state index contributed by atoms with van der Waals surface area (Å²) < 4.78 is 31.6. The van der Waals surface area contributed by atoms with Crippen LogP contribution in [0.25, 0.3) is 0 Å². The molecule has 2 atom stereocenters. The minimum absolute atomic E-state index is 0.0585. The molecule has 36 heavy (non-hydrogen) atoms. The van der Waals surface area contributed by atoms with Crippen LogP contribution in [0.4, 0.5) is 5.69 Å². The van der Waals surface area contributed by atoms with E-state index in [4.69, 9.17) is 16.3 Å². The van der Waals surface area contributed by atoms with Gasteiger partial charge in [-0.1, -0.05) is 55.3 Å². The first-order valence-electron chi connectivity index (χ1n) is 11.9. The molecule has 198 valence electrons. The standard InChI is InChI=1S/C26H36ClN3O5S/c1-7-19(4)28-26(32)23(8-2)29(16-20-11-9-18(3)10-12-20)25(31)17-30(36(6,33)34)21-13-14-24(35-5)22(27)15-21/h9-15,19,23H,7-8,16-17H2,1-6H3,(H,28,32). The highest BCUT2D eigenvalue weighted by molar-refractivity contribution is 7.92. The average Bonchev–Trinajstić information content (AvgIpc) is 2.82. The van der Waals surface area contributed by atoms with E-state index >= 15 is 0 Å². The molecular formula is C26H36ClN3O5S. The van der Waals surface area contributed by atoms with Gasteiger partial charge in [0.1, 0.15) is 18.3 Å². The highest BCUT2D eigenvalue weighted by Gasteiger charge is 2.32. The number of methoxy groups -OCH3 is 1. The van der Waals surface area contributed by atoms with Gasteiger partial charge in [-0.25, -0.2) is 8.42 Å². The molecule has 1 N–H and O–H groups in total. The lowest BCUT2D eigenvalue weighted by molar-refractivity contribution is -0.140. The molecule has 2 amide bonds. The number of nitrogens with one attached hydrogen (secondary N) is 1. The van der Waals surface area contributed by atoms with Crippen molar-refractivity contribution >= 4 is 39.1 Å². The van der Waals surface area contributed by atoms with Crippen LogP contribution in [-0.4, -0.2) is 57.1 Å². The van der Waals surface area contributed by atoms with E-state index in [1.54, 1.807) is 6.07 Å². The number of hydrogen-bond donors (Lipinski definition) is 1. The monoisotopic (exact) mass is 537 g/mol. The normalized spacial score (nSPS) is 13.0. The van der Waals surface area contributed by atoms with Gasteiger partial charge in [0.05, 0.1) is 24.1 Å². The maximum absolute atomic E-state index is 13.7. The summed E-state index contributed by atoms with van der Waals surface area (Å²) in [5, 5.41) is 3.16. The third-order valence-electron chi connectivity index (χ3n) is 5.96. The molecule has 0 aromatic heterocycles. The van der Waals surface area contributed by atoms with E-state index in [9.17, 15) is 18.0 Å². The van der Waals surface area contributed by atoms with Crippen LogP contribution in [0, 0.1) is 6.92 Å². The van der Waals surface area contributed by atoms with Crippen molar-refractivity contribution in [3.8, 4) is 5.75 Å². The van der Waals surface area contributed by atoms with Gasteiger partial charge in [-0.05, 0) is 50.5 Å². The van der Waals surface area contributed by atoms with Crippen LogP contribution >= 0.6 is 11.6 Å². The number of sulfonamides is 1. The molecule has 0 bridgehead atoms. The van der Waals surface area contributed by atoms with E-state index in [1.165, 1.54) is 24.1 Å². The summed E-state index contributed by atoms with van der Waals surface area (Å²) in [4.78, 5) is 28.3. The Bertz CT molecular complexity index is 1150.